The van der Waals surface area contributed by atoms with Crippen LogP contribution in [0.4, 0.5) is 0 Å². The lowest BCUT2D eigenvalue weighted by Crippen LogP contribution is -2.10. The molecule has 1 atom stereocenters. The zero-order chi connectivity index (χ0) is 9.97. The van der Waals surface area contributed by atoms with Gasteiger partial charge in [-0.2, -0.15) is 0 Å². The maximum Gasteiger partial charge on any atom is 0.0647 e. The van der Waals surface area contributed by atoms with E-state index in [1.807, 2.05) is 30.5 Å². The van der Waals surface area contributed by atoms with E-state index in [9.17, 15) is 0 Å². The summed E-state index contributed by atoms with van der Waals surface area (Å²) in [4.78, 5) is 5.34. The van der Waals surface area contributed by atoms with Gasteiger partial charge in [-0.3, -0.25) is 4.98 Å². The highest BCUT2D eigenvalue weighted by atomic mass is 32.1. The first kappa shape index (κ1) is 9.37. The molecule has 0 fully saturated rings. The molecule has 0 saturated carbocycles. The normalized spacial score (nSPS) is 12.7. The summed E-state index contributed by atoms with van der Waals surface area (Å²) >= 11 is 1.69. The minimum atomic E-state index is -0.0169. The van der Waals surface area contributed by atoms with Crippen LogP contribution in [0.15, 0.2) is 35.8 Å². The van der Waals surface area contributed by atoms with Crippen LogP contribution in [0.1, 0.15) is 22.2 Å². The lowest BCUT2D eigenvalue weighted by molar-refractivity contribution is 0.885. The van der Waals surface area contributed by atoms with Gasteiger partial charge >= 0.3 is 0 Å². The molecule has 0 saturated heterocycles. The fourth-order valence-electron chi connectivity index (χ4n) is 1.39. The average molecular weight is 204 g/mol. The summed E-state index contributed by atoms with van der Waals surface area (Å²) in [7, 11) is 0. The molecule has 2 nitrogen and oxygen atoms in total. The van der Waals surface area contributed by atoms with Gasteiger partial charge in [-0.05, 0) is 36.1 Å². The van der Waals surface area contributed by atoms with Crippen LogP contribution >= 0.6 is 11.3 Å². The molecule has 2 N–H and O–H groups in total. The molecule has 0 aliphatic rings. The summed E-state index contributed by atoms with van der Waals surface area (Å²) in [5.41, 5.74) is 8.25. The third-order valence-electron chi connectivity index (χ3n) is 2.13. The predicted octanol–water partition coefficient (Wildman–Crippen LogP) is 2.50. The highest BCUT2D eigenvalue weighted by Crippen LogP contribution is 2.23. The molecule has 0 aromatic carbocycles. The lowest BCUT2D eigenvalue weighted by Gasteiger charge is -2.09. The zero-order valence-electron chi connectivity index (χ0n) is 7.97. The van der Waals surface area contributed by atoms with Crippen molar-refractivity contribution < 1.29 is 0 Å². The van der Waals surface area contributed by atoms with Crippen molar-refractivity contribution in [2.24, 2.45) is 5.73 Å². The molecule has 0 amide bonds. The molecular weight excluding hydrogens is 192 g/mol. The third kappa shape index (κ3) is 1.84. The Balaban J connectivity index is 2.32. The zero-order valence-corrected chi connectivity index (χ0v) is 8.79. The first-order valence-electron chi connectivity index (χ1n) is 4.49. The predicted molar refractivity (Wildman–Crippen MR) is 59.3 cm³/mol. The van der Waals surface area contributed by atoms with Crippen molar-refractivity contribution in [1.82, 2.24) is 4.98 Å². The minimum absolute atomic E-state index is 0.0169. The van der Waals surface area contributed by atoms with Crippen LogP contribution in [0.2, 0.25) is 0 Å². The van der Waals surface area contributed by atoms with E-state index in [1.54, 1.807) is 17.5 Å². The van der Waals surface area contributed by atoms with Crippen LogP contribution in [0.5, 0.6) is 0 Å². The van der Waals surface area contributed by atoms with Gasteiger partial charge in [0, 0.05) is 16.8 Å². The number of pyridine rings is 1. The monoisotopic (exact) mass is 204 g/mol. The van der Waals surface area contributed by atoms with Crippen molar-refractivity contribution in [3.63, 3.8) is 0 Å². The van der Waals surface area contributed by atoms with Crippen LogP contribution in [0.3, 0.4) is 0 Å². The topological polar surface area (TPSA) is 38.9 Å². The summed E-state index contributed by atoms with van der Waals surface area (Å²) in [6, 6.07) is 8.07. The van der Waals surface area contributed by atoms with Crippen molar-refractivity contribution >= 4 is 11.3 Å². The van der Waals surface area contributed by atoms with Crippen LogP contribution in [0.25, 0.3) is 0 Å². The summed E-state index contributed by atoms with van der Waals surface area (Å²) < 4.78 is 0. The highest BCUT2D eigenvalue weighted by Gasteiger charge is 2.09. The van der Waals surface area contributed by atoms with Gasteiger partial charge < -0.3 is 5.73 Å². The number of nitrogens with two attached hydrogens (primary N) is 1. The second-order valence-corrected chi connectivity index (χ2v) is 4.20. The second kappa shape index (κ2) is 3.90. The van der Waals surface area contributed by atoms with Gasteiger partial charge in [0.05, 0.1) is 6.04 Å². The lowest BCUT2D eigenvalue weighted by atomic mass is 10.1. The van der Waals surface area contributed by atoms with E-state index in [-0.39, 0.29) is 6.04 Å². The van der Waals surface area contributed by atoms with Gasteiger partial charge in [0.15, 0.2) is 0 Å². The number of hydrogen-bond acceptors (Lipinski definition) is 3. The van der Waals surface area contributed by atoms with E-state index < -0.39 is 0 Å². The summed E-state index contributed by atoms with van der Waals surface area (Å²) in [5, 5.41) is 2.04. The average Bonchev–Trinajstić information content (AvgIpc) is 2.69. The van der Waals surface area contributed by atoms with Gasteiger partial charge in [0.2, 0.25) is 0 Å². The Kier molecular flexibility index (Phi) is 2.61. The second-order valence-electron chi connectivity index (χ2n) is 3.22. The van der Waals surface area contributed by atoms with Crippen molar-refractivity contribution in [1.29, 1.82) is 0 Å². The molecule has 14 heavy (non-hydrogen) atoms. The van der Waals surface area contributed by atoms with Gasteiger partial charge in [-0.15, -0.1) is 11.3 Å². The smallest absolute Gasteiger partial charge is 0.0647 e. The third-order valence-corrected chi connectivity index (χ3v) is 3.08. The molecule has 2 heterocycles. The molecule has 2 aromatic heterocycles. The summed E-state index contributed by atoms with van der Waals surface area (Å²) in [6.07, 6.45) is 1.80. The summed E-state index contributed by atoms with van der Waals surface area (Å²) in [5.74, 6) is 0. The Labute approximate surface area is 87.4 Å². The molecule has 2 rings (SSSR count). The Morgan fingerprint density at radius 1 is 1.43 bits per heavy atom. The van der Waals surface area contributed by atoms with Gasteiger partial charge in [-0.25, -0.2) is 0 Å². The molecule has 2 aromatic rings. The Hall–Kier alpha value is -1.19. The van der Waals surface area contributed by atoms with E-state index in [2.05, 4.69) is 11.1 Å². The molecule has 72 valence electrons. The fraction of sp³-hybridized carbons (Fsp3) is 0.182. The molecule has 1 unspecified atom stereocenters. The molecule has 3 heteroatoms. The molecule has 0 spiro atoms. The SMILES string of the molecule is Cc1cc(C(N)c2cccs2)ccn1. The number of nitrogens with zero attached hydrogens (tertiary/aromatic N) is 1. The van der Waals surface area contributed by atoms with Crippen molar-refractivity contribution in [3.8, 4) is 0 Å². The molecular formula is C11H12N2S. The van der Waals surface area contributed by atoms with Crippen LogP contribution in [0, 0.1) is 6.92 Å². The molecule has 0 aliphatic heterocycles. The quantitative estimate of drug-likeness (QED) is 0.816. The van der Waals surface area contributed by atoms with E-state index in [0.29, 0.717) is 0 Å². The molecule has 0 radical (unpaired) electrons. The van der Waals surface area contributed by atoms with Crippen molar-refractivity contribution in [2.45, 2.75) is 13.0 Å². The van der Waals surface area contributed by atoms with Crippen molar-refractivity contribution in [3.05, 3.63) is 52.0 Å². The Morgan fingerprint density at radius 3 is 2.93 bits per heavy atom. The largest absolute Gasteiger partial charge is 0.320 e. The van der Waals surface area contributed by atoms with E-state index in [0.717, 1.165) is 11.3 Å². The number of rotatable bonds is 2. The minimum Gasteiger partial charge on any atom is -0.320 e. The maximum absolute atomic E-state index is 6.11. The van der Waals surface area contributed by atoms with Gasteiger partial charge in [0.25, 0.3) is 0 Å². The number of hydrogen-bond donors (Lipinski definition) is 1. The molecule has 0 aliphatic carbocycles. The van der Waals surface area contributed by atoms with Crippen LogP contribution < -0.4 is 5.73 Å². The first-order valence-corrected chi connectivity index (χ1v) is 5.37. The number of aromatic nitrogens is 1. The van der Waals surface area contributed by atoms with Crippen LogP contribution in [-0.2, 0) is 0 Å². The highest BCUT2D eigenvalue weighted by molar-refractivity contribution is 7.10. The first-order chi connectivity index (χ1) is 6.77. The Morgan fingerprint density at radius 2 is 2.29 bits per heavy atom. The van der Waals surface area contributed by atoms with Gasteiger partial charge in [-0.1, -0.05) is 6.07 Å². The van der Waals surface area contributed by atoms with E-state index in [1.165, 1.54) is 4.88 Å². The van der Waals surface area contributed by atoms with E-state index in [4.69, 9.17) is 5.73 Å². The van der Waals surface area contributed by atoms with Gasteiger partial charge in [0.1, 0.15) is 0 Å². The fourth-order valence-corrected chi connectivity index (χ4v) is 2.15. The van der Waals surface area contributed by atoms with Crippen molar-refractivity contribution in [2.75, 3.05) is 0 Å². The van der Waals surface area contributed by atoms with Crippen LogP contribution in [-0.4, -0.2) is 4.98 Å². The number of thiophene rings is 1. The Bertz CT molecular complexity index is 409. The number of aryl methyl sites for hydroxylation is 1. The molecule has 0 bridgehead atoms. The summed E-state index contributed by atoms with van der Waals surface area (Å²) in [6.45, 7) is 1.98. The standard InChI is InChI=1S/C11H12N2S/c1-8-7-9(4-5-13-8)11(12)10-3-2-6-14-10/h2-7,11H,12H2,1H3. The van der Waals surface area contributed by atoms with E-state index >= 15 is 0 Å². The maximum atomic E-state index is 6.11.